The quantitative estimate of drug-likeness (QED) is 0.529. The van der Waals surface area contributed by atoms with E-state index in [9.17, 15) is 0 Å². The van der Waals surface area contributed by atoms with Gasteiger partial charge in [0.05, 0.1) is 4.11 Å². The highest BCUT2D eigenvalue weighted by molar-refractivity contribution is 5.47. The molecule has 1 aromatic rings. The van der Waals surface area contributed by atoms with Gasteiger partial charge in [0, 0.05) is 9.80 Å². The van der Waals surface area contributed by atoms with Crippen molar-refractivity contribution in [3.8, 4) is 0 Å². The van der Waals surface area contributed by atoms with Crippen LogP contribution >= 0.6 is 0 Å². The second-order valence-electron chi connectivity index (χ2n) is 1.79. The minimum absolute atomic E-state index is 0.0397. The van der Waals surface area contributed by atoms with E-state index in [1.165, 1.54) is 6.92 Å². The summed E-state index contributed by atoms with van der Waals surface area (Å²) in [5.74, 6) is 0. The summed E-state index contributed by atoms with van der Waals surface area (Å²) in [5.41, 5.74) is 5.30. The third-order valence-corrected chi connectivity index (χ3v) is 1.04. The Hall–Kier alpha value is -0.980. The Morgan fingerprint density at radius 2 is 2.44 bits per heavy atom. The summed E-state index contributed by atoms with van der Waals surface area (Å²) in [7, 11) is 0. The number of nitrogens with two attached hydrogens (primary N) is 1. The number of hydrogen-bond donors (Lipinski definition) is 1. The first-order chi connectivity index (χ1) is 6.68. The topological polar surface area (TPSA) is 26.0 Å². The Kier molecular flexibility index (Phi) is 0.468. The molecule has 0 fully saturated rings. The normalized spacial score (nSPS) is 20.6. The summed E-state index contributed by atoms with van der Waals surface area (Å²) >= 11 is 0. The Balaban J connectivity index is 3.68. The molecule has 2 N–H and O–H groups in total. The van der Waals surface area contributed by atoms with Gasteiger partial charge < -0.3 is 5.73 Å². The lowest BCUT2D eigenvalue weighted by Gasteiger charge is -1.98. The van der Waals surface area contributed by atoms with E-state index >= 15 is 0 Å². The SMILES string of the molecule is [2H]c1c([2H])c(C([2H])([2H])[2H])c([2H])c(N)c1C. The summed E-state index contributed by atoms with van der Waals surface area (Å²) in [6.45, 7) is -1.08. The predicted octanol–water partition coefficient (Wildman–Crippen LogP) is 1.89. The van der Waals surface area contributed by atoms with Crippen LogP contribution in [0.4, 0.5) is 5.69 Å². The van der Waals surface area contributed by atoms with Crippen molar-refractivity contribution in [2.45, 2.75) is 13.8 Å². The van der Waals surface area contributed by atoms with Crippen LogP contribution in [-0.4, -0.2) is 0 Å². The maximum absolute atomic E-state index is 7.54. The van der Waals surface area contributed by atoms with Crippen molar-refractivity contribution in [3.63, 3.8) is 0 Å². The summed E-state index contributed by atoms with van der Waals surface area (Å²) in [6.07, 6.45) is 0. The van der Waals surface area contributed by atoms with Gasteiger partial charge >= 0.3 is 0 Å². The van der Waals surface area contributed by atoms with Gasteiger partial charge in [0.15, 0.2) is 0 Å². The third kappa shape index (κ3) is 1.22. The van der Waals surface area contributed by atoms with E-state index in [1.54, 1.807) is 0 Å². The van der Waals surface area contributed by atoms with Crippen LogP contribution < -0.4 is 5.73 Å². The van der Waals surface area contributed by atoms with Crippen LogP contribution in [0.5, 0.6) is 0 Å². The van der Waals surface area contributed by atoms with Crippen molar-refractivity contribution in [2.24, 2.45) is 0 Å². The van der Waals surface area contributed by atoms with Gasteiger partial charge in [-0.2, -0.15) is 0 Å². The van der Waals surface area contributed by atoms with E-state index in [0.29, 0.717) is 0 Å². The summed E-state index contributed by atoms with van der Waals surface area (Å²) in [5, 5.41) is 0. The van der Waals surface area contributed by atoms with Crippen molar-refractivity contribution >= 4 is 5.69 Å². The zero-order valence-electron chi connectivity index (χ0n) is 11.1. The van der Waals surface area contributed by atoms with Gasteiger partial charge in [-0.3, -0.25) is 0 Å². The highest BCUT2D eigenvalue weighted by atomic mass is 14.5. The summed E-state index contributed by atoms with van der Waals surface area (Å²) in [6, 6.07) is -1.03. The van der Waals surface area contributed by atoms with Gasteiger partial charge in [-0.15, -0.1) is 0 Å². The number of benzene rings is 1. The molecule has 0 aliphatic heterocycles. The molecule has 1 rings (SSSR count). The molecule has 1 aromatic carbocycles. The van der Waals surface area contributed by atoms with Crippen molar-refractivity contribution in [3.05, 3.63) is 29.3 Å². The molecule has 0 radical (unpaired) electrons. The van der Waals surface area contributed by atoms with Crippen LogP contribution in [0, 0.1) is 13.8 Å². The van der Waals surface area contributed by atoms with E-state index < -0.39 is 18.5 Å². The number of rotatable bonds is 0. The molecule has 9 heavy (non-hydrogen) atoms. The molecule has 0 spiro atoms. The minimum atomic E-state index is -2.58. The van der Waals surface area contributed by atoms with E-state index in [-0.39, 0.29) is 23.3 Å². The molecule has 48 valence electrons. The molecule has 0 heterocycles. The highest BCUT2D eigenvalue weighted by Crippen LogP contribution is 2.10. The van der Waals surface area contributed by atoms with Crippen molar-refractivity contribution in [1.29, 1.82) is 0 Å². The molecular weight excluding hydrogens is 110 g/mol. The van der Waals surface area contributed by atoms with Crippen LogP contribution in [0.3, 0.4) is 0 Å². The van der Waals surface area contributed by atoms with Crippen LogP contribution in [-0.2, 0) is 0 Å². The van der Waals surface area contributed by atoms with Gasteiger partial charge in [-0.1, -0.05) is 12.1 Å². The Bertz CT molecular complexity index is 380. The van der Waals surface area contributed by atoms with Gasteiger partial charge in [0.1, 0.15) is 0 Å². The van der Waals surface area contributed by atoms with E-state index in [0.717, 1.165) is 0 Å². The molecule has 0 atom stereocenters. The van der Waals surface area contributed by atoms with Crippen molar-refractivity contribution in [2.75, 3.05) is 5.73 Å². The molecule has 0 amide bonds. The lowest BCUT2D eigenvalue weighted by Crippen LogP contribution is -1.88. The third-order valence-electron chi connectivity index (χ3n) is 1.04. The largest absolute Gasteiger partial charge is 0.399 e. The molecule has 0 saturated heterocycles. The minimum Gasteiger partial charge on any atom is -0.399 e. The first-order valence-corrected chi connectivity index (χ1v) is 2.54. The molecule has 0 aliphatic carbocycles. The predicted molar refractivity (Wildman–Crippen MR) is 40.3 cm³/mol. The van der Waals surface area contributed by atoms with Crippen molar-refractivity contribution < 1.29 is 8.22 Å². The van der Waals surface area contributed by atoms with E-state index in [4.69, 9.17) is 14.0 Å². The lowest BCUT2D eigenvalue weighted by molar-refractivity contribution is 1.40. The van der Waals surface area contributed by atoms with Gasteiger partial charge in [0.25, 0.3) is 0 Å². The van der Waals surface area contributed by atoms with Crippen LogP contribution in [0.2, 0.25) is 0 Å². The Labute approximate surface area is 63.9 Å². The summed E-state index contributed by atoms with van der Waals surface area (Å²) in [4.78, 5) is 0. The van der Waals surface area contributed by atoms with Crippen molar-refractivity contribution in [1.82, 2.24) is 0 Å². The van der Waals surface area contributed by atoms with E-state index in [2.05, 4.69) is 0 Å². The first-order valence-electron chi connectivity index (χ1n) is 5.54. The number of hydrogen-bond acceptors (Lipinski definition) is 1. The molecule has 0 unspecified atom stereocenters. The maximum Gasteiger partial charge on any atom is 0.0647 e. The first kappa shape index (κ1) is 2.01. The van der Waals surface area contributed by atoms with E-state index in [1.807, 2.05) is 0 Å². The van der Waals surface area contributed by atoms with Gasteiger partial charge in [-0.05, 0) is 30.9 Å². The molecule has 0 aliphatic rings. The zero-order chi connectivity index (χ0) is 12.0. The molecular formula is C8H11N. The smallest absolute Gasteiger partial charge is 0.0647 e. The lowest BCUT2D eigenvalue weighted by atomic mass is 10.1. The zero-order valence-corrected chi connectivity index (χ0v) is 5.08. The second-order valence-corrected chi connectivity index (χ2v) is 1.79. The van der Waals surface area contributed by atoms with Crippen LogP contribution in [0.1, 0.15) is 19.4 Å². The Morgan fingerprint density at radius 1 is 1.67 bits per heavy atom. The molecule has 0 saturated carbocycles. The average Bonchev–Trinajstić information content (AvgIpc) is 2.09. The molecule has 1 nitrogen and oxygen atoms in total. The Morgan fingerprint density at radius 3 is 3.11 bits per heavy atom. The maximum atomic E-state index is 7.54. The fourth-order valence-electron chi connectivity index (χ4n) is 0.483. The standard InChI is InChI=1S/C8H11N/c1-6-3-4-7(2)8(9)5-6/h3-5H,9H2,1-2H3/i1D3,3D,4D,5D. The number of anilines is 1. The number of nitrogen functional groups attached to an aromatic ring is 1. The molecule has 0 bridgehead atoms. The van der Waals surface area contributed by atoms with Crippen LogP contribution in [0.25, 0.3) is 0 Å². The highest BCUT2D eigenvalue weighted by Gasteiger charge is 1.89. The fraction of sp³-hybridized carbons (Fsp3) is 0.250. The fourth-order valence-corrected chi connectivity index (χ4v) is 0.483. The van der Waals surface area contributed by atoms with Gasteiger partial charge in [0.2, 0.25) is 0 Å². The monoisotopic (exact) mass is 127 g/mol. The molecule has 0 aromatic heterocycles. The van der Waals surface area contributed by atoms with Gasteiger partial charge in [-0.25, -0.2) is 0 Å². The average molecular weight is 127 g/mol. The molecule has 1 heteroatoms. The van der Waals surface area contributed by atoms with Crippen LogP contribution in [0.15, 0.2) is 18.1 Å². The second kappa shape index (κ2) is 2.09. The summed E-state index contributed by atoms with van der Waals surface area (Å²) < 4.78 is 44.1.